The van der Waals surface area contributed by atoms with Crippen molar-refractivity contribution in [1.82, 2.24) is 5.32 Å². The van der Waals surface area contributed by atoms with Crippen molar-refractivity contribution >= 4 is 5.91 Å². The number of carbonyl (C=O) groups is 1. The molecule has 1 amide bonds. The van der Waals surface area contributed by atoms with E-state index in [-0.39, 0.29) is 11.8 Å². The number of hydrogen-bond donors (Lipinski definition) is 1. The van der Waals surface area contributed by atoms with E-state index in [1.807, 2.05) is 13.8 Å². The summed E-state index contributed by atoms with van der Waals surface area (Å²) in [6.45, 7) is 8.42. The Bertz CT molecular complexity index is 200. The van der Waals surface area contributed by atoms with Crippen LogP contribution in [0.15, 0.2) is 0 Å². The molecule has 1 N–H and O–H groups in total. The van der Waals surface area contributed by atoms with E-state index in [0.29, 0.717) is 12.0 Å². The molecule has 0 bridgehead atoms. The Kier molecular flexibility index (Phi) is 3.97. The lowest BCUT2D eigenvalue weighted by molar-refractivity contribution is -0.124. The third-order valence-electron chi connectivity index (χ3n) is 3.60. The molecule has 0 aromatic carbocycles. The van der Waals surface area contributed by atoms with Crippen LogP contribution < -0.4 is 5.32 Å². The van der Waals surface area contributed by atoms with Crippen LogP contribution in [0.4, 0.5) is 0 Å². The maximum absolute atomic E-state index is 11.5. The van der Waals surface area contributed by atoms with Gasteiger partial charge in [-0.3, -0.25) is 4.79 Å². The van der Waals surface area contributed by atoms with Crippen LogP contribution in [0.5, 0.6) is 0 Å². The summed E-state index contributed by atoms with van der Waals surface area (Å²) in [5.74, 6) is 1.79. The highest BCUT2D eigenvalue weighted by Crippen LogP contribution is 2.33. The normalized spacial score (nSPS) is 32.2. The molecular weight excluding hydrogens is 174 g/mol. The van der Waals surface area contributed by atoms with Gasteiger partial charge in [-0.05, 0) is 24.7 Å². The van der Waals surface area contributed by atoms with Crippen molar-refractivity contribution in [3.05, 3.63) is 0 Å². The quantitative estimate of drug-likeness (QED) is 0.740. The maximum atomic E-state index is 11.5. The van der Waals surface area contributed by atoms with Crippen LogP contribution in [-0.2, 0) is 4.79 Å². The third kappa shape index (κ3) is 2.49. The molecule has 3 atom stereocenters. The van der Waals surface area contributed by atoms with Gasteiger partial charge in [-0.1, -0.05) is 34.1 Å². The molecule has 0 aromatic rings. The SMILES string of the molecule is CCC1CCC(NC(=O)C(C)C)C1C. The molecule has 0 spiro atoms. The third-order valence-corrected chi connectivity index (χ3v) is 3.60. The highest BCUT2D eigenvalue weighted by atomic mass is 16.1. The van der Waals surface area contributed by atoms with Crippen molar-refractivity contribution in [3.8, 4) is 0 Å². The first-order valence-electron chi connectivity index (χ1n) is 5.86. The molecule has 0 aliphatic heterocycles. The summed E-state index contributed by atoms with van der Waals surface area (Å²) in [6.07, 6.45) is 3.69. The highest BCUT2D eigenvalue weighted by molar-refractivity contribution is 5.78. The number of hydrogen-bond acceptors (Lipinski definition) is 1. The van der Waals surface area contributed by atoms with E-state index in [4.69, 9.17) is 0 Å². The molecule has 82 valence electrons. The molecule has 2 nitrogen and oxygen atoms in total. The molecular formula is C12H23NO. The predicted molar refractivity (Wildman–Crippen MR) is 58.9 cm³/mol. The lowest BCUT2D eigenvalue weighted by Gasteiger charge is -2.21. The first-order chi connectivity index (χ1) is 6.56. The first-order valence-corrected chi connectivity index (χ1v) is 5.86. The molecule has 1 aliphatic rings. The average Bonchev–Trinajstić information content (AvgIpc) is 2.47. The summed E-state index contributed by atoms with van der Waals surface area (Å²) in [5.41, 5.74) is 0. The standard InChI is InChI=1S/C12H23NO/c1-5-10-6-7-11(9(10)4)13-12(14)8(2)3/h8-11H,5-7H2,1-4H3,(H,13,14). The van der Waals surface area contributed by atoms with Crippen LogP contribution in [0, 0.1) is 17.8 Å². The van der Waals surface area contributed by atoms with E-state index >= 15 is 0 Å². The van der Waals surface area contributed by atoms with E-state index in [2.05, 4.69) is 19.2 Å². The summed E-state index contributed by atoms with van der Waals surface area (Å²) in [4.78, 5) is 11.5. The zero-order valence-electron chi connectivity index (χ0n) is 9.84. The van der Waals surface area contributed by atoms with Crippen molar-refractivity contribution in [2.24, 2.45) is 17.8 Å². The molecule has 3 unspecified atom stereocenters. The Balaban J connectivity index is 2.44. The van der Waals surface area contributed by atoms with E-state index in [0.717, 1.165) is 12.3 Å². The van der Waals surface area contributed by atoms with E-state index in [1.165, 1.54) is 12.8 Å². The zero-order chi connectivity index (χ0) is 10.7. The molecule has 2 heteroatoms. The van der Waals surface area contributed by atoms with Crippen molar-refractivity contribution in [1.29, 1.82) is 0 Å². The molecule has 14 heavy (non-hydrogen) atoms. The number of nitrogens with one attached hydrogen (secondary N) is 1. The molecule has 0 aromatic heterocycles. The Hall–Kier alpha value is -0.530. The first kappa shape index (κ1) is 11.5. The van der Waals surface area contributed by atoms with Gasteiger partial charge >= 0.3 is 0 Å². The molecule has 1 aliphatic carbocycles. The maximum Gasteiger partial charge on any atom is 0.222 e. The fraction of sp³-hybridized carbons (Fsp3) is 0.917. The summed E-state index contributed by atoms with van der Waals surface area (Å²) >= 11 is 0. The smallest absolute Gasteiger partial charge is 0.222 e. The number of carbonyl (C=O) groups excluding carboxylic acids is 1. The van der Waals surface area contributed by atoms with Gasteiger partial charge in [0, 0.05) is 12.0 Å². The second kappa shape index (κ2) is 4.81. The number of rotatable bonds is 3. The average molecular weight is 197 g/mol. The summed E-state index contributed by atoms with van der Waals surface area (Å²) < 4.78 is 0. The Morgan fingerprint density at radius 3 is 2.50 bits per heavy atom. The largest absolute Gasteiger partial charge is 0.353 e. The van der Waals surface area contributed by atoms with Gasteiger partial charge in [0.2, 0.25) is 5.91 Å². The fourth-order valence-corrected chi connectivity index (χ4v) is 2.38. The Morgan fingerprint density at radius 1 is 1.43 bits per heavy atom. The molecule has 1 saturated carbocycles. The summed E-state index contributed by atoms with van der Waals surface area (Å²) in [6, 6.07) is 0.426. The predicted octanol–water partition coefficient (Wildman–Crippen LogP) is 2.58. The Labute approximate surface area is 87.5 Å². The molecule has 0 heterocycles. The van der Waals surface area contributed by atoms with E-state index < -0.39 is 0 Å². The monoisotopic (exact) mass is 197 g/mol. The minimum absolute atomic E-state index is 0.114. The van der Waals surface area contributed by atoms with Crippen LogP contribution >= 0.6 is 0 Å². The van der Waals surface area contributed by atoms with Crippen molar-refractivity contribution in [3.63, 3.8) is 0 Å². The second-order valence-electron chi connectivity index (χ2n) is 4.87. The Morgan fingerprint density at radius 2 is 2.07 bits per heavy atom. The zero-order valence-corrected chi connectivity index (χ0v) is 9.84. The molecule has 1 rings (SSSR count). The van der Waals surface area contributed by atoms with Gasteiger partial charge in [0.25, 0.3) is 0 Å². The van der Waals surface area contributed by atoms with Crippen molar-refractivity contribution in [2.45, 2.75) is 53.0 Å². The van der Waals surface area contributed by atoms with Crippen LogP contribution in [0.25, 0.3) is 0 Å². The van der Waals surface area contributed by atoms with E-state index in [9.17, 15) is 4.79 Å². The second-order valence-corrected chi connectivity index (χ2v) is 4.87. The molecule has 1 fully saturated rings. The van der Waals surface area contributed by atoms with Gasteiger partial charge in [0.1, 0.15) is 0 Å². The van der Waals surface area contributed by atoms with Crippen LogP contribution in [0.2, 0.25) is 0 Å². The lowest BCUT2D eigenvalue weighted by Crippen LogP contribution is -2.39. The van der Waals surface area contributed by atoms with Gasteiger partial charge in [0.15, 0.2) is 0 Å². The van der Waals surface area contributed by atoms with Gasteiger partial charge in [-0.15, -0.1) is 0 Å². The summed E-state index contributed by atoms with van der Waals surface area (Å²) in [7, 11) is 0. The molecule has 0 radical (unpaired) electrons. The van der Waals surface area contributed by atoms with Crippen molar-refractivity contribution in [2.75, 3.05) is 0 Å². The lowest BCUT2D eigenvalue weighted by atomic mass is 9.93. The molecule has 0 saturated heterocycles. The van der Waals surface area contributed by atoms with Gasteiger partial charge in [-0.2, -0.15) is 0 Å². The van der Waals surface area contributed by atoms with E-state index in [1.54, 1.807) is 0 Å². The topological polar surface area (TPSA) is 29.1 Å². The van der Waals surface area contributed by atoms with Gasteiger partial charge < -0.3 is 5.32 Å². The minimum atomic E-state index is 0.114. The van der Waals surface area contributed by atoms with Gasteiger partial charge in [0.05, 0.1) is 0 Å². The fourth-order valence-electron chi connectivity index (χ4n) is 2.38. The minimum Gasteiger partial charge on any atom is -0.353 e. The van der Waals surface area contributed by atoms with Crippen molar-refractivity contribution < 1.29 is 4.79 Å². The number of amides is 1. The van der Waals surface area contributed by atoms with Crippen LogP contribution in [-0.4, -0.2) is 11.9 Å². The highest BCUT2D eigenvalue weighted by Gasteiger charge is 2.32. The van der Waals surface area contributed by atoms with Crippen LogP contribution in [0.3, 0.4) is 0 Å². The van der Waals surface area contributed by atoms with Gasteiger partial charge in [-0.25, -0.2) is 0 Å². The van der Waals surface area contributed by atoms with Crippen LogP contribution in [0.1, 0.15) is 47.0 Å². The summed E-state index contributed by atoms with van der Waals surface area (Å²) in [5, 5.41) is 3.15.